The van der Waals surface area contributed by atoms with E-state index in [9.17, 15) is 4.79 Å². The lowest BCUT2D eigenvalue weighted by atomic mass is 9.99. The molecule has 0 aliphatic heterocycles. The van der Waals surface area contributed by atoms with Gasteiger partial charge in [-0.3, -0.25) is 0 Å². The van der Waals surface area contributed by atoms with Crippen molar-refractivity contribution < 1.29 is 9.22 Å². The van der Waals surface area contributed by atoms with E-state index in [-0.39, 0.29) is 12.0 Å². The molecule has 0 heterocycles. The lowest BCUT2D eigenvalue weighted by Crippen LogP contribution is -2.42. The van der Waals surface area contributed by atoms with Crippen molar-refractivity contribution in [3.63, 3.8) is 0 Å². The van der Waals surface area contributed by atoms with Gasteiger partial charge in [0.2, 0.25) is 0 Å². The van der Waals surface area contributed by atoms with Gasteiger partial charge in [0.15, 0.2) is 8.32 Å². The summed E-state index contributed by atoms with van der Waals surface area (Å²) >= 11 is 0. The molecule has 0 radical (unpaired) electrons. The first-order valence-electron chi connectivity index (χ1n) is 8.27. The third-order valence-corrected chi connectivity index (χ3v) is 9.36. The number of hydrogen-bond donors (Lipinski definition) is 0. The first kappa shape index (κ1) is 18.1. The average Bonchev–Trinajstić information content (AvgIpc) is 2.56. The van der Waals surface area contributed by atoms with Crippen molar-refractivity contribution in [1.82, 2.24) is 0 Å². The van der Waals surface area contributed by atoms with Crippen molar-refractivity contribution >= 4 is 14.6 Å². The van der Waals surface area contributed by atoms with Gasteiger partial charge in [-0.25, -0.2) is 0 Å². The van der Waals surface area contributed by atoms with Gasteiger partial charge in [-0.05, 0) is 36.5 Å². The predicted octanol–water partition coefficient (Wildman–Crippen LogP) is 4.84. The Labute approximate surface area is 131 Å². The number of carbonyl (C=O) groups excluding carboxylic acids is 1. The summed E-state index contributed by atoms with van der Waals surface area (Å²) in [5, 5.41) is 0. The second kappa shape index (κ2) is 9.16. The Morgan fingerprint density at radius 1 is 1.10 bits per heavy atom. The third kappa shape index (κ3) is 5.40. The minimum atomic E-state index is -1.66. The summed E-state index contributed by atoms with van der Waals surface area (Å²) in [4.78, 5) is 11.2. The Hall–Kier alpha value is -0.933. The number of hydrogen-bond acceptors (Lipinski definition) is 2. The Morgan fingerprint density at radius 2 is 1.67 bits per heavy atom. The van der Waals surface area contributed by atoms with Gasteiger partial charge in [-0.1, -0.05) is 58.0 Å². The molecule has 0 saturated carbocycles. The molecule has 0 aliphatic carbocycles. The fraction of sp³-hybridized carbons (Fsp3) is 0.611. The van der Waals surface area contributed by atoms with Crippen molar-refractivity contribution in [2.45, 2.75) is 64.8 Å². The van der Waals surface area contributed by atoms with Crippen LogP contribution in [0.3, 0.4) is 0 Å². The standard InChI is InChI=1S/C18H30O2Si/c1-5-21(6-2,7-3)20-18(16(4)15-19)14-13-17-11-9-8-10-12-17/h8-12,15-16,18H,5-7,13-14H2,1-4H3/t16-,18-/m1/s1. The van der Waals surface area contributed by atoms with E-state index in [2.05, 4.69) is 45.0 Å². The van der Waals surface area contributed by atoms with Gasteiger partial charge in [0, 0.05) is 5.92 Å². The van der Waals surface area contributed by atoms with E-state index in [0.717, 1.165) is 37.3 Å². The molecule has 0 N–H and O–H groups in total. The van der Waals surface area contributed by atoms with Crippen LogP contribution in [-0.2, 0) is 15.6 Å². The lowest BCUT2D eigenvalue weighted by molar-refractivity contribution is -0.113. The second-order valence-corrected chi connectivity index (χ2v) is 10.6. The summed E-state index contributed by atoms with van der Waals surface area (Å²) in [7, 11) is -1.66. The molecular weight excluding hydrogens is 276 g/mol. The summed E-state index contributed by atoms with van der Waals surface area (Å²) < 4.78 is 6.57. The average molecular weight is 307 g/mol. The summed E-state index contributed by atoms with van der Waals surface area (Å²) in [6.45, 7) is 8.69. The molecule has 2 atom stereocenters. The third-order valence-electron chi connectivity index (χ3n) is 4.70. The van der Waals surface area contributed by atoms with Gasteiger partial charge in [0.1, 0.15) is 6.29 Å². The fourth-order valence-corrected chi connectivity index (χ4v) is 5.77. The smallest absolute Gasteiger partial charge is 0.192 e. The van der Waals surface area contributed by atoms with Gasteiger partial charge < -0.3 is 9.22 Å². The molecule has 0 amide bonds. The van der Waals surface area contributed by atoms with Crippen LogP contribution in [0.5, 0.6) is 0 Å². The molecule has 0 saturated heterocycles. The zero-order valence-electron chi connectivity index (χ0n) is 14.0. The van der Waals surface area contributed by atoms with Crippen LogP contribution in [-0.4, -0.2) is 20.7 Å². The van der Waals surface area contributed by atoms with Crippen LogP contribution in [0.2, 0.25) is 18.1 Å². The topological polar surface area (TPSA) is 26.3 Å². The molecule has 0 fully saturated rings. The minimum Gasteiger partial charge on any atom is -0.413 e. The van der Waals surface area contributed by atoms with Crippen LogP contribution >= 0.6 is 0 Å². The van der Waals surface area contributed by atoms with Crippen LogP contribution in [0.25, 0.3) is 0 Å². The normalized spacial score (nSPS) is 14.7. The molecule has 0 spiro atoms. The Bertz CT molecular complexity index is 393. The Kier molecular flexibility index (Phi) is 7.90. The molecule has 1 rings (SSSR count). The van der Waals surface area contributed by atoms with E-state index in [1.54, 1.807) is 0 Å². The summed E-state index contributed by atoms with van der Waals surface area (Å²) in [5.41, 5.74) is 1.32. The van der Waals surface area contributed by atoms with Crippen molar-refractivity contribution in [2.75, 3.05) is 0 Å². The van der Waals surface area contributed by atoms with E-state index in [1.165, 1.54) is 5.56 Å². The first-order valence-corrected chi connectivity index (χ1v) is 10.8. The maximum absolute atomic E-state index is 11.2. The van der Waals surface area contributed by atoms with Gasteiger partial charge in [0.25, 0.3) is 0 Å². The van der Waals surface area contributed by atoms with E-state index in [1.807, 2.05) is 13.0 Å². The van der Waals surface area contributed by atoms with Crippen LogP contribution in [0, 0.1) is 5.92 Å². The molecule has 3 heteroatoms. The van der Waals surface area contributed by atoms with Gasteiger partial charge in [0.05, 0.1) is 6.10 Å². The van der Waals surface area contributed by atoms with Crippen molar-refractivity contribution in [2.24, 2.45) is 5.92 Å². The molecule has 0 bridgehead atoms. The van der Waals surface area contributed by atoms with Crippen molar-refractivity contribution in [3.05, 3.63) is 35.9 Å². The van der Waals surface area contributed by atoms with Crippen LogP contribution in [0.15, 0.2) is 30.3 Å². The van der Waals surface area contributed by atoms with Crippen molar-refractivity contribution in [1.29, 1.82) is 0 Å². The van der Waals surface area contributed by atoms with E-state index in [0.29, 0.717) is 0 Å². The molecule has 0 aliphatic rings. The number of carbonyl (C=O) groups is 1. The number of aldehydes is 1. The zero-order chi connectivity index (χ0) is 15.7. The van der Waals surface area contributed by atoms with Gasteiger partial charge >= 0.3 is 0 Å². The zero-order valence-corrected chi connectivity index (χ0v) is 15.0. The van der Waals surface area contributed by atoms with Crippen LogP contribution < -0.4 is 0 Å². The Balaban J connectivity index is 2.74. The maximum Gasteiger partial charge on any atom is 0.192 e. The fourth-order valence-electron chi connectivity index (χ4n) is 2.79. The van der Waals surface area contributed by atoms with E-state index >= 15 is 0 Å². The summed E-state index contributed by atoms with van der Waals surface area (Å²) in [5.74, 6) is -0.0229. The molecular formula is C18H30O2Si. The van der Waals surface area contributed by atoms with E-state index < -0.39 is 8.32 Å². The van der Waals surface area contributed by atoms with Crippen molar-refractivity contribution in [3.8, 4) is 0 Å². The second-order valence-electron chi connectivity index (χ2n) is 5.92. The highest BCUT2D eigenvalue weighted by Crippen LogP contribution is 2.27. The first-order chi connectivity index (χ1) is 10.1. The largest absolute Gasteiger partial charge is 0.413 e. The predicted molar refractivity (Wildman–Crippen MR) is 92.1 cm³/mol. The highest BCUT2D eigenvalue weighted by Gasteiger charge is 2.33. The Morgan fingerprint density at radius 3 is 2.14 bits per heavy atom. The number of aryl methyl sites for hydroxylation is 1. The van der Waals surface area contributed by atoms with Gasteiger partial charge in [-0.15, -0.1) is 0 Å². The number of rotatable bonds is 10. The minimum absolute atomic E-state index is 0.0229. The molecule has 21 heavy (non-hydrogen) atoms. The quantitative estimate of drug-likeness (QED) is 0.456. The maximum atomic E-state index is 11.2. The summed E-state index contributed by atoms with van der Waals surface area (Å²) in [6.07, 6.45) is 3.02. The highest BCUT2D eigenvalue weighted by molar-refractivity contribution is 6.73. The van der Waals surface area contributed by atoms with Crippen LogP contribution in [0.4, 0.5) is 0 Å². The van der Waals surface area contributed by atoms with Crippen LogP contribution in [0.1, 0.15) is 39.7 Å². The monoisotopic (exact) mass is 306 g/mol. The summed E-state index contributed by atoms with van der Waals surface area (Å²) in [6, 6.07) is 13.9. The molecule has 1 aromatic rings. The van der Waals surface area contributed by atoms with E-state index in [4.69, 9.17) is 4.43 Å². The molecule has 2 nitrogen and oxygen atoms in total. The highest BCUT2D eigenvalue weighted by atomic mass is 28.4. The molecule has 0 unspecified atom stereocenters. The van der Waals surface area contributed by atoms with Gasteiger partial charge in [-0.2, -0.15) is 0 Å². The SMILES string of the molecule is CC[Si](CC)(CC)O[C@H](CCc1ccccc1)[C@H](C)C=O. The molecule has 1 aromatic carbocycles. The molecule has 118 valence electrons. The molecule has 0 aromatic heterocycles. The number of benzene rings is 1. The lowest BCUT2D eigenvalue weighted by Gasteiger charge is -2.35.